The monoisotopic (exact) mass is 345 g/mol. The first-order chi connectivity index (χ1) is 8.24. The summed E-state index contributed by atoms with van der Waals surface area (Å²) in [6.45, 7) is 3.00. The number of benzene rings is 1. The smallest absolute Gasteiger partial charge is 0.0468 e. The lowest BCUT2D eigenvalue weighted by molar-refractivity contribution is 0.171. The summed E-state index contributed by atoms with van der Waals surface area (Å²) in [6.07, 6.45) is 3.91. The van der Waals surface area contributed by atoms with Crippen LogP contribution in [0.2, 0.25) is 0 Å². The molecule has 0 amide bonds. The molecule has 1 aliphatic rings. The summed E-state index contributed by atoms with van der Waals surface area (Å²) >= 11 is 2.34. The van der Waals surface area contributed by atoms with Crippen molar-refractivity contribution in [2.75, 3.05) is 20.3 Å². The number of methoxy groups -OCH3 is 1. The van der Waals surface area contributed by atoms with E-state index in [1.165, 1.54) is 28.4 Å². The second-order valence-electron chi connectivity index (χ2n) is 4.97. The molecule has 1 N–H and O–H groups in total. The fourth-order valence-corrected chi connectivity index (χ4v) is 2.44. The van der Waals surface area contributed by atoms with Crippen LogP contribution in [0.4, 0.5) is 0 Å². The zero-order chi connectivity index (χ0) is 12.1. The van der Waals surface area contributed by atoms with E-state index in [0.717, 1.165) is 19.7 Å². The van der Waals surface area contributed by atoms with Crippen LogP contribution in [0.5, 0.6) is 0 Å². The summed E-state index contributed by atoms with van der Waals surface area (Å²) in [7, 11) is 1.79. The molecule has 1 aromatic carbocycles. The molecule has 1 fully saturated rings. The zero-order valence-electron chi connectivity index (χ0n) is 10.3. The Balaban J connectivity index is 1.71. The normalized spacial score (nSPS) is 17.1. The Hall–Kier alpha value is -0.130. The molecule has 0 heterocycles. The van der Waals surface area contributed by atoms with E-state index < -0.39 is 0 Å². The lowest BCUT2D eigenvalue weighted by Gasteiger charge is -2.15. The van der Waals surface area contributed by atoms with Crippen molar-refractivity contribution in [2.24, 2.45) is 5.41 Å². The minimum atomic E-state index is 0.541. The topological polar surface area (TPSA) is 21.3 Å². The van der Waals surface area contributed by atoms with Crippen molar-refractivity contribution < 1.29 is 4.74 Å². The van der Waals surface area contributed by atoms with E-state index in [1.807, 2.05) is 0 Å². The molecule has 0 aromatic heterocycles. The Morgan fingerprint density at radius 3 is 2.59 bits per heavy atom. The van der Waals surface area contributed by atoms with Crippen LogP contribution < -0.4 is 5.32 Å². The van der Waals surface area contributed by atoms with Crippen molar-refractivity contribution >= 4 is 22.6 Å². The van der Waals surface area contributed by atoms with Crippen molar-refractivity contribution in [1.82, 2.24) is 5.32 Å². The second-order valence-corrected chi connectivity index (χ2v) is 6.22. The fraction of sp³-hybridized carbons (Fsp3) is 0.571. The highest BCUT2D eigenvalue weighted by molar-refractivity contribution is 14.1. The Labute approximate surface area is 117 Å². The van der Waals surface area contributed by atoms with E-state index in [1.54, 1.807) is 7.11 Å². The van der Waals surface area contributed by atoms with Crippen molar-refractivity contribution in [3.8, 4) is 0 Å². The van der Waals surface area contributed by atoms with Crippen molar-refractivity contribution in [3.63, 3.8) is 0 Å². The lowest BCUT2D eigenvalue weighted by Crippen LogP contribution is -2.24. The largest absolute Gasteiger partial charge is 0.385 e. The van der Waals surface area contributed by atoms with Gasteiger partial charge in [0.05, 0.1) is 0 Å². The number of halogens is 1. The molecule has 0 saturated heterocycles. The molecule has 0 radical (unpaired) electrons. The van der Waals surface area contributed by atoms with Crippen LogP contribution in [0.1, 0.15) is 24.8 Å². The molecule has 1 aliphatic carbocycles. The van der Waals surface area contributed by atoms with E-state index >= 15 is 0 Å². The quantitative estimate of drug-likeness (QED) is 0.767. The molecule has 17 heavy (non-hydrogen) atoms. The van der Waals surface area contributed by atoms with Crippen LogP contribution in [0, 0.1) is 8.99 Å². The van der Waals surface area contributed by atoms with Crippen LogP contribution in [0.25, 0.3) is 0 Å². The summed E-state index contributed by atoms with van der Waals surface area (Å²) in [6, 6.07) is 8.72. The SMILES string of the molecule is COCCC1(CNCc2ccc(I)cc2)CC1. The summed E-state index contributed by atoms with van der Waals surface area (Å²) in [4.78, 5) is 0. The predicted octanol–water partition coefficient (Wildman–Crippen LogP) is 3.20. The minimum Gasteiger partial charge on any atom is -0.385 e. The minimum absolute atomic E-state index is 0.541. The summed E-state index contributed by atoms with van der Waals surface area (Å²) in [5, 5.41) is 3.57. The molecule has 1 aromatic rings. The highest BCUT2D eigenvalue weighted by Gasteiger charge is 2.41. The average molecular weight is 345 g/mol. The molecular formula is C14H20INO. The Bertz CT molecular complexity index is 346. The number of ether oxygens (including phenoxy) is 1. The van der Waals surface area contributed by atoms with Crippen molar-refractivity contribution in [1.29, 1.82) is 0 Å². The van der Waals surface area contributed by atoms with Gasteiger partial charge in [-0.05, 0) is 65.0 Å². The first-order valence-corrected chi connectivity index (χ1v) is 7.26. The summed E-state index contributed by atoms with van der Waals surface area (Å²) < 4.78 is 6.46. The first-order valence-electron chi connectivity index (χ1n) is 6.18. The molecule has 0 atom stereocenters. The van der Waals surface area contributed by atoms with E-state index in [9.17, 15) is 0 Å². The molecule has 1 saturated carbocycles. The second kappa shape index (κ2) is 6.16. The summed E-state index contributed by atoms with van der Waals surface area (Å²) in [5.74, 6) is 0. The van der Waals surface area contributed by atoms with Gasteiger partial charge in [0.2, 0.25) is 0 Å². The predicted molar refractivity (Wildman–Crippen MR) is 79.0 cm³/mol. The molecule has 94 valence electrons. The van der Waals surface area contributed by atoms with Gasteiger partial charge >= 0.3 is 0 Å². The van der Waals surface area contributed by atoms with Gasteiger partial charge in [0.1, 0.15) is 0 Å². The molecule has 0 bridgehead atoms. The Morgan fingerprint density at radius 2 is 2.00 bits per heavy atom. The average Bonchev–Trinajstić information content (AvgIpc) is 3.10. The number of hydrogen-bond donors (Lipinski definition) is 1. The maximum Gasteiger partial charge on any atom is 0.0468 e. The number of hydrogen-bond acceptors (Lipinski definition) is 2. The van der Waals surface area contributed by atoms with Gasteiger partial charge in [0.15, 0.2) is 0 Å². The Kier molecular flexibility index (Phi) is 4.82. The third-order valence-electron chi connectivity index (χ3n) is 3.54. The van der Waals surface area contributed by atoms with E-state index in [-0.39, 0.29) is 0 Å². The number of nitrogens with one attached hydrogen (secondary N) is 1. The van der Waals surface area contributed by atoms with E-state index in [2.05, 4.69) is 52.2 Å². The van der Waals surface area contributed by atoms with Crippen LogP contribution >= 0.6 is 22.6 Å². The van der Waals surface area contributed by atoms with E-state index in [4.69, 9.17) is 4.74 Å². The highest BCUT2D eigenvalue weighted by atomic mass is 127. The first kappa shape index (κ1) is 13.3. The third-order valence-corrected chi connectivity index (χ3v) is 4.26. The van der Waals surface area contributed by atoms with Crippen LogP contribution in [-0.4, -0.2) is 20.3 Å². The Morgan fingerprint density at radius 1 is 1.29 bits per heavy atom. The van der Waals surface area contributed by atoms with Gasteiger partial charge in [0, 0.05) is 30.4 Å². The number of rotatable bonds is 7. The third kappa shape index (κ3) is 4.23. The van der Waals surface area contributed by atoms with Gasteiger partial charge in [-0.25, -0.2) is 0 Å². The fourth-order valence-electron chi connectivity index (χ4n) is 2.08. The maximum absolute atomic E-state index is 5.17. The molecule has 2 nitrogen and oxygen atoms in total. The molecular weight excluding hydrogens is 325 g/mol. The molecule has 3 heteroatoms. The van der Waals surface area contributed by atoms with Gasteiger partial charge in [-0.15, -0.1) is 0 Å². The molecule has 2 rings (SSSR count). The van der Waals surface area contributed by atoms with Crippen LogP contribution in [-0.2, 0) is 11.3 Å². The van der Waals surface area contributed by atoms with Gasteiger partial charge in [-0.1, -0.05) is 12.1 Å². The molecule has 0 aliphatic heterocycles. The van der Waals surface area contributed by atoms with Gasteiger partial charge in [-0.3, -0.25) is 0 Å². The molecule has 0 spiro atoms. The standard InChI is InChI=1S/C14H20INO/c1-17-9-8-14(6-7-14)11-16-10-12-2-4-13(15)5-3-12/h2-5,16H,6-11H2,1H3. The van der Waals surface area contributed by atoms with Gasteiger partial charge in [0.25, 0.3) is 0 Å². The van der Waals surface area contributed by atoms with Crippen LogP contribution in [0.3, 0.4) is 0 Å². The van der Waals surface area contributed by atoms with Crippen molar-refractivity contribution in [3.05, 3.63) is 33.4 Å². The molecule has 0 unspecified atom stereocenters. The highest BCUT2D eigenvalue weighted by Crippen LogP contribution is 2.48. The van der Waals surface area contributed by atoms with Crippen LogP contribution in [0.15, 0.2) is 24.3 Å². The van der Waals surface area contributed by atoms with E-state index in [0.29, 0.717) is 5.41 Å². The summed E-state index contributed by atoms with van der Waals surface area (Å²) in [5.41, 5.74) is 1.91. The lowest BCUT2D eigenvalue weighted by atomic mass is 10.0. The van der Waals surface area contributed by atoms with Gasteiger partial charge in [-0.2, -0.15) is 0 Å². The maximum atomic E-state index is 5.17. The van der Waals surface area contributed by atoms with Gasteiger partial charge < -0.3 is 10.1 Å². The zero-order valence-corrected chi connectivity index (χ0v) is 12.5. The van der Waals surface area contributed by atoms with Crippen molar-refractivity contribution in [2.45, 2.75) is 25.8 Å².